The van der Waals surface area contributed by atoms with E-state index in [2.05, 4.69) is 10.3 Å². The number of imidazole rings is 1. The van der Waals surface area contributed by atoms with Gasteiger partial charge in [-0.3, -0.25) is 4.79 Å². The van der Waals surface area contributed by atoms with Crippen molar-refractivity contribution in [3.05, 3.63) is 114 Å². The van der Waals surface area contributed by atoms with E-state index in [9.17, 15) is 19.5 Å². The van der Waals surface area contributed by atoms with Crippen LogP contribution >= 0.6 is 0 Å². The molecule has 0 radical (unpaired) electrons. The van der Waals surface area contributed by atoms with Crippen molar-refractivity contribution in [1.29, 1.82) is 0 Å². The van der Waals surface area contributed by atoms with Gasteiger partial charge in [-0.25, -0.2) is 19.1 Å². The van der Waals surface area contributed by atoms with Crippen molar-refractivity contribution in [2.75, 3.05) is 20.1 Å². The largest absolute Gasteiger partial charge is 0.489 e. The van der Waals surface area contributed by atoms with Crippen LogP contribution in [0.15, 0.2) is 97.5 Å². The zero-order chi connectivity index (χ0) is 31.5. The van der Waals surface area contributed by atoms with Crippen molar-refractivity contribution in [3.8, 4) is 5.75 Å². The Morgan fingerprint density at radius 2 is 1.64 bits per heavy atom. The molecule has 10 nitrogen and oxygen atoms in total. The fourth-order valence-corrected chi connectivity index (χ4v) is 5.15. The van der Waals surface area contributed by atoms with Gasteiger partial charge in [-0.1, -0.05) is 67.6 Å². The van der Waals surface area contributed by atoms with Crippen molar-refractivity contribution < 1.29 is 24.2 Å². The topological polar surface area (TPSA) is 114 Å². The third-order valence-corrected chi connectivity index (χ3v) is 7.66. The Kier molecular flexibility index (Phi) is 10.9. The molecule has 44 heavy (non-hydrogen) atoms. The van der Waals surface area contributed by atoms with E-state index in [-0.39, 0.29) is 29.9 Å². The predicted molar refractivity (Wildman–Crippen MR) is 169 cm³/mol. The van der Waals surface area contributed by atoms with Gasteiger partial charge in [-0.2, -0.15) is 0 Å². The number of aromatic nitrogens is 2. The number of hydrogen-bond donors (Lipinski definition) is 2. The van der Waals surface area contributed by atoms with Gasteiger partial charge >= 0.3 is 12.0 Å². The van der Waals surface area contributed by atoms with Crippen molar-refractivity contribution in [2.24, 2.45) is 7.05 Å². The maximum atomic E-state index is 14.1. The molecule has 0 spiro atoms. The number of benzene rings is 3. The van der Waals surface area contributed by atoms with Gasteiger partial charge in [-0.15, -0.1) is 0 Å². The molecule has 2 unspecified atom stereocenters. The Balaban J connectivity index is 1.60. The molecular formula is C34H40N5O5+. The van der Waals surface area contributed by atoms with Crippen LogP contribution in [-0.4, -0.2) is 63.6 Å². The molecule has 2 atom stereocenters. The molecule has 0 aliphatic carbocycles. The molecule has 4 rings (SSSR count). The van der Waals surface area contributed by atoms with Gasteiger partial charge in [0.15, 0.2) is 0 Å². The van der Waals surface area contributed by atoms with Crippen LogP contribution in [0, 0.1) is 0 Å². The number of nitrogens with one attached hydrogen (secondary N) is 1. The Hall–Kier alpha value is -4.96. The van der Waals surface area contributed by atoms with Gasteiger partial charge in [0.05, 0.1) is 19.9 Å². The van der Waals surface area contributed by atoms with Crippen LogP contribution in [0.1, 0.15) is 30.2 Å². The summed E-state index contributed by atoms with van der Waals surface area (Å²) in [4.78, 5) is 45.5. The van der Waals surface area contributed by atoms with Crippen LogP contribution in [0.2, 0.25) is 0 Å². The molecule has 0 fully saturated rings. The second kappa shape index (κ2) is 15.0. The summed E-state index contributed by atoms with van der Waals surface area (Å²) < 4.78 is 7.66. The van der Waals surface area contributed by atoms with Crippen LogP contribution in [0.25, 0.3) is 0 Å². The number of hydrogen-bond acceptors (Lipinski definition) is 5. The van der Waals surface area contributed by atoms with Gasteiger partial charge < -0.3 is 24.6 Å². The first-order chi connectivity index (χ1) is 21.2. The van der Waals surface area contributed by atoms with Gasteiger partial charge in [0.2, 0.25) is 5.91 Å². The molecule has 1 aromatic heterocycles. The van der Waals surface area contributed by atoms with E-state index in [0.29, 0.717) is 24.6 Å². The second-order valence-corrected chi connectivity index (χ2v) is 11.0. The summed E-state index contributed by atoms with van der Waals surface area (Å²) in [6.45, 7) is 2.87. The molecule has 0 saturated carbocycles. The number of ether oxygens (including phenoxy) is 1. The van der Waals surface area contributed by atoms with E-state index < -0.39 is 18.0 Å². The van der Waals surface area contributed by atoms with Crippen molar-refractivity contribution in [2.45, 2.75) is 39.0 Å². The molecular weight excluding hydrogens is 558 g/mol. The van der Waals surface area contributed by atoms with Crippen LogP contribution < -0.4 is 14.5 Å². The number of amides is 3. The van der Waals surface area contributed by atoms with Gasteiger partial charge in [-0.05, 0) is 41.8 Å². The minimum Gasteiger partial charge on any atom is -0.489 e. The normalized spacial score (nSPS) is 13.0. The molecule has 10 heteroatoms. The quantitative estimate of drug-likeness (QED) is 0.202. The number of carboxylic acid groups (broad SMARTS) is 1. The first-order valence-electron chi connectivity index (χ1n) is 14.6. The third-order valence-electron chi connectivity index (χ3n) is 7.66. The highest BCUT2D eigenvalue weighted by Gasteiger charge is 2.37. The number of carbonyl (C=O) groups is 3. The first-order valence-corrected chi connectivity index (χ1v) is 14.6. The number of para-hydroxylation sites is 1. The molecule has 0 saturated heterocycles. The van der Waals surface area contributed by atoms with Crippen LogP contribution in [0.5, 0.6) is 5.75 Å². The fraction of sp³-hybridized carbons (Fsp3) is 0.294. The number of nitrogens with zero attached hydrogens (tertiary/aromatic N) is 4. The summed E-state index contributed by atoms with van der Waals surface area (Å²) >= 11 is 0. The maximum absolute atomic E-state index is 14.1. The highest BCUT2D eigenvalue weighted by Crippen LogP contribution is 2.23. The minimum atomic E-state index is -1.33. The highest BCUT2D eigenvalue weighted by molar-refractivity contribution is 5.94. The molecule has 3 amide bonds. The second-order valence-electron chi connectivity index (χ2n) is 11.0. The fourth-order valence-electron chi connectivity index (χ4n) is 5.15. The lowest BCUT2D eigenvalue weighted by molar-refractivity contribution is -0.141. The molecule has 1 heterocycles. The number of likely N-dealkylation sites (N-methyl/N-ethyl adjacent to an activating group) is 1. The van der Waals surface area contributed by atoms with Gasteiger partial charge in [0.1, 0.15) is 30.6 Å². The average molecular weight is 599 g/mol. The van der Waals surface area contributed by atoms with Crippen LogP contribution in [0.4, 0.5) is 10.5 Å². The zero-order valence-corrected chi connectivity index (χ0v) is 25.4. The van der Waals surface area contributed by atoms with Gasteiger partial charge in [0.25, 0.3) is 0 Å². The highest BCUT2D eigenvalue weighted by atomic mass is 16.5. The molecule has 4 aromatic rings. The monoisotopic (exact) mass is 598 g/mol. The van der Waals surface area contributed by atoms with E-state index in [1.165, 1.54) is 4.90 Å². The van der Waals surface area contributed by atoms with Crippen molar-refractivity contribution in [3.63, 3.8) is 0 Å². The Morgan fingerprint density at radius 1 is 0.977 bits per heavy atom. The van der Waals surface area contributed by atoms with E-state index in [4.69, 9.17) is 4.74 Å². The predicted octanol–water partition coefficient (Wildman–Crippen LogP) is 4.78. The first kappa shape index (κ1) is 32.0. The average Bonchev–Trinajstić information content (AvgIpc) is 3.44. The standard InChI is InChI=1S/C34H39N5O5/c1-4-19-39(3,29-13-9-6-10-14-29)32(40)23-38(33(41)31(36-34(42)43)20-28-21-35-25-37(28)2)22-26-15-17-30(18-16-26)44-24-27-11-7-5-8-12-27/h5-18,21,25,31,36H,4,19-20,22-24H2,1-3H3/p+1. The number of aryl methyl sites for hydroxylation is 1. The summed E-state index contributed by atoms with van der Waals surface area (Å²) in [7, 11) is 3.63. The Bertz CT molecular complexity index is 1520. The van der Waals surface area contributed by atoms with E-state index in [1.54, 1.807) is 24.1 Å². The molecule has 230 valence electrons. The number of quaternary nitrogens is 1. The summed E-state index contributed by atoms with van der Waals surface area (Å²) in [5, 5.41) is 12.0. The van der Waals surface area contributed by atoms with E-state index >= 15 is 0 Å². The minimum absolute atomic E-state index is 0.00609. The van der Waals surface area contributed by atoms with Gasteiger partial charge in [0, 0.05) is 31.9 Å². The van der Waals surface area contributed by atoms with Crippen molar-refractivity contribution in [1.82, 2.24) is 24.3 Å². The van der Waals surface area contributed by atoms with E-state index in [1.807, 2.05) is 98.9 Å². The zero-order valence-electron chi connectivity index (χ0n) is 25.4. The lowest BCUT2D eigenvalue weighted by atomic mass is 10.1. The summed E-state index contributed by atoms with van der Waals surface area (Å²) in [6, 6.07) is 25.6. The maximum Gasteiger partial charge on any atom is 0.405 e. The SMILES string of the molecule is CCC[N+](C)(C(=O)CN(Cc1ccc(OCc2ccccc2)cc1)C(=O)C(Cc1cncn1C)NC(=O)O)c1ccccc1. The summed E-state index contributed by atoms with van der Waals surface area (Å²) in [5.41, 5.74) is 3.32. The molecule has 0 aliphatic heterocycles. The smallest absolute Gasteiger partial charge is 0.405 e. The molecule has 0 aliphatic rings. The Morgan fingerprint density at radius 3 is 2.23 bits per heavy atom. The van der Waals surface area contributed by atoms with E-state index in [0.717, 1.165) is 23.2 Å². The number of rotatable bonds is 14. The Labute approximate surface area is 258 Å². The van der Waals surface area contributed by atoms with Crippen molar-refractivity contribution >= 4 is 23.6 Å². The lowest BCUT2D eigenvalue weighted by Crippen LogP contribution is -2.57. The van der Waals surface area contributed by atoms with Crippen LogP contribution in [0.3, 0.4) is 0 Å². The summed E-state index contributed by atoms with van der Waals surface area (Å²) in [5.74, 6) is -0.00395. The molecule has 2 N–H and O–H groups in total. The molecule has 3 aromatic carbocycles. The molecule has 0 bridgehead atoms. The third kappa shape index (κ3) is 8.32. The summed E-state index contributed by atoms with van der Waals surface area (Å²) in [6.07, 6.45) is 2.69. The van der Waals surface area contributed by atoms with Crippen LogP contribution in [-0.2, 0) is 36.2 Å². The lowest BCUT2D eigenvalue weighted by Gasteiger charge is -2.34. The number of carbonyl (C=O) groups excluding carboxylic acids is 2.